The second-order valence-corrected chi connectivity index (χ2v) is 3.58. The number of amides is 1. The summed E-state index contributed by atoms with van der Waals surface area (Å²) in [6.07, 6.45) is 0. The van der Waals surface area contributed by atoms with E-state index in [0.29, 0.717) is 6.54 Å². The van der Waals surface area contributed by atoms with Gasteiger partial charge in [-0.15, -0.1) is 0 Å². The van der Waals surface area contributed by atoms with E-state index in [1.807, 2.05) is 30.3 Å². The smallest absolute Gasteiger partial charge is 0.316 e. The first-order valence-electron chi connectivity index (χ1n) is 4.75. The molecule has 4 heteroatoms. The first-order chi connectivity index (χ1) is 7.20. The van der Waals surface area contributed by atoms with Crippen LogP contribution in [-0.4, -0.2) is 23.5 Å². The number of carbonyl (C=O) groups excluding carboxylic acids is 1. The zero-order valence-electron chi connectivity index (χ0n) is 8.01. The molecule has 1 aromatic carbocycles. The summed E-state index contributed by atoms with van der Waals surface area (Å²) >= 11 is 0. The Balaban J connectivity index is 2.30. The molecule has 2 atom stereocenters. The van der Waals surface area contributed by atoms with E-state index in [9.17, 15) is 9.59 Å². The molecule has 1 aliphatic heterocycles. The van der Waals surface area contributed by atoms with E-state index in [2.05, 4.69) is 5.32 Å². The Kier molecular flexibility index (Phi) is 2.41. The van der Waals surface area contributed by atoms with Crippen molar-refractivity contribution in [2.45, 2.75) is 5.92 Å². The lowest BCUT2D eigenvalue weighted by atomic mass is 9.89. The van der Waals surface area contributed by atoms with E-state index < -0.39 is 17.8 Å². The van der Waals surface area contributed by atoms with Gasteiger partial charge in [-0.25, -0.2) is 0 Å². The number of hydrogen-bond donors (Lipinski definition) is 2. The molecule has 2 rings (SSSR count). The molecule has 2 N–H and O–H groups in total. The summed E-state index contributed by atoms with van der Waals surface area (Å²) in [6, 6.07) is 9.25. The van der Waals surface area contributed by atoms with E-state index in [-0.39, 0.29) is 5.92 Å². The van der Waals surface area contributed by atoms with Crippen molar-refractivity contribution in [1.82, 2.24) is 5.32 Å². The van der Waals surface area contributed by atoms with Gasteiger partial charge in [0, 0.05) is 12.5 Å². The van der Waals surface area contributed by atoms with Crippen LogP contribution in [0.4, 0.5) is 0 Å². The quantitative estimate of drug-likeness (QED) is 0.695. The minimum atomic E-state index is -1.06. The fourth-order valence-electron chi connectivity index (χ4n) is 1.92. The number of aliphatic carboxylic acids is 1. The highest BCUT2D eigenvalue weighted by atomic mass is 16.4. The largest absolute Gasteiger partial charge is 0.481 e. The Labute approximate surface area is 86.9 Å². The summed E-state index contributed by atoms with van der Waals surface area (Å²) in [5, 5.41) is 11.5. The fraction of sp³-hybridized carbons (Fsp3) is 0.273. The van der Waals surface area contributed by atoms with E-state index in [4.69, 9.17) is 5.11 Å². The third-order valence-electron chi connectivity index (χ3n) is 2.67. The van der Waals surface area contributed by atoms with Gasteiger partial charge in [0.1, 0.15) is 5.92 Å². The maximum Gasteiger partial charge on any atom is 0.316 e. The van der Waals surface area contributed by atoms with Crippen molar-refractivity contribution < 1.29 is 14.7 Å². The summed E-state index contributed by atoms with van der Waals surface area (Å²) in [7, 11) is 0. The highest BCUT2D eigenvalue weighted by Crippen LogP contribution is 2.28. The molecule has 4 nitrogen and oxygen atoms in total. The molecule has 15 heavy (non-hydrogen) atoms. The lowest BCUT2D eigenvalue weighted by molar-refractivity contribution is -0.145. The van der Waals surface area contributed by atoms with Gasteiger partial charge in [-0.2, -0.15) is 0 Å². The van der Waals surface area contributed by atoms with Crippen LogP contribution in [0, 0.1) is 5.92 Å². The summed E-state index contributed by atoms with van der Waals surface area (Å²) < 4.78 is 0. The zero-order chi connectivity index (χ0) is 10.8. The number of carbonyl (C=O) groups is 2. The molecule has 0 spiro atoms. The molecule has 1 unspecified atom stereocenters. The fourth-order valence-corrected chi connectivity index (χ4v) is 1.92. The highest BCUT2D eigenvalue weighted by Gasteiger charge is 2.40. The van der Waals surface area contributed by atoms with Crippen LogP contribution in [-0.2, 0) is 9.59 Å². The predicted molar refractivity (Wildman–Crippen MR) is 53.3 cm³/mol. The normalized spacial score (nSPS) is 24.9. The SMILES string of the molecule is O=C(O)[C@@H]1C(=O)NCC1c1ccccc1. The van der Waals surface area contributed by atoms with Crippen LogP contribution < -0.4 is 5.32 Å². The van der Waals surface area contributed by atoms with Crippen molar-refractivity contribution in [3.63, 3.8) is 0 Å². The van der Waals surface area contributed by atoms with E-state index in [0.717, 1.165) is 5.56 Å². The average Bonchev–Trinajstić information content (AvgIpc) is 2.61. The van der Waals surface area contributed by atoms with Gasteiger partial charge in [-0.1, -0.05) is 30.3 Å². The molecule has 0 aliphatic carbocycles. The van der Waals surface area contributed by atoms with Gasteiger partial charge in [0.2, 0.25) is 5.91 Å². The van der Waals surface area contributed by atoms with Crippen molar-refractivity contribution in [3.05, 3.63) is 35.9 Å². The predicted octanol–water partition coefficient (Wildman–Crippen LogP) is 0.601. The topological polar surface area (TPSA) is 66.4 Å². The number of carboxylic acids is 1. The molecule has 0 bridgehead atoms. The molecule has 1 aromatic rings. The van der Waals surface area contributed by atoms with Crippen LogP contribution in [0.25, 0.3) is 0 Å². The molecule has 0 radical (unpaired) electrons. The second-order valence-electron chi connectivity index (χ2n) is 3.58. The molecule has 1 heterocycles. The van der Waals surface area contributed by atoms with E-state index in [1.54, 1.807) is 0 Å². The third-order valence-corrected chi connectivity index (χ3v) is 2.67. The van der Waals surface area contributed by atoms with Crippen LogP contribution >= 0.6 is 0 Å². The molecular weight excluding hydrogens is 194 g/mol. The maximum absolute atomic E-state index is 11.3. The number of rotatable bonds is 2. The Morgan fingerprint density at radius 3 is 2.60 bits per heavy atom. The molecule has 78 valence electrons. The van der Waals surface area contributed by atoms with Crippen molar-refractivity contribution in [1.29, 1.82) is 0 Å². The van der Waals surface area contributed by atoms with Crippen LogP contribution in [0.15, 0.2) is 30.3 Å². The van der Waals surface area contributed by atoms with Gasteiger partial charge in [0.25, 0.3) is 0 Å². The number of carboxylic acid groups (broad SMARTS) is 1. The number of nitrogens with one attached hydrogen (secondary N) is 1. The van der Waals surface area contributed by atoms with E-state index >= 15 is 0 Å². The van der Waals surface area contributed by atoms with Crippen molar-refractivity contribution >= 4 is 11.9 Å². The molecule has 1 amide bonds. The van der Waals surface area contributed by atoms with Gasteiger partial charge in [-0.05, 0) is 5.56 Å². The Morgan fingerprint density at radius 2 is 2.00 bits per heavy atom. The van der Waals surface area contributed by atoms with Crippen molar-refractivity contribution in [3.8, 4) is 0 Å². The van der Waals surface area contributed by atoms with Crippen LogP contribution in [0.2, 0.25) is 0 Å². The van der Waals surface area contributed by atoms with Gasteiger partial charge in [-0.3, -0.25) is 9.59 Å². The first kappa shape index (κ1) is 9.71. The molecule has 0 saturated carbocycles. The van der Waals surface area contributed by atoms with Crippen molar-refractivity contribution in [2.24, 2.45) is 5.92 Å². The highest BCUT2D eigenvalue weighted by molar-refractivity contribution is 5.99. The minimum absolute atomic E-state index is 0.254. The summed E-state index contributed by atoms with van der Waals surface area (Å²) in [5.41, 5.74) is 0.892. The number of hydrogen-bond acceptors (Lipinski definition) is 2. The summed E-state index contributed by atoms with van der Waals surface area (Å²) in [5.74, 6) is -2.65. The third kappa shape index (κ3) is 1.70. The second kappa shape index (κ2) is 3.73. The van der Waals surface area contributed by atoms with Crippen LogP contribution in [0.3, 0.4) is 0 Å². The Bertz CT molecular complexity index is 388. The average molecular weight is 205 g/mol. The maximum atomic E-state index is 11.3. The molecular formula is C11H11NO3. The first-order valence-corrected chi connectivity index (χ1v) is 4.75. The monoisotopic (exact) mass is 205 g/mol. The summed E-state index contributed by atoms with van der Waals surface area (Å²) in [6.45, 7) is 0.403. The Morgan fingerprint density at radius 1 is 1.33 bits per heavy atom. The minimum Gasteiger partial charge on any atom is -0.481 e. The van der Waals surface area contributed by atoms with Gasteiger partial charge in [0.15, 0.2) is 0 Å². The van der Waals surface area contributed by atoms with Gasteiger partial charge in [0.05, 0.1) is 0 Å². The lowest BCUT2D eigenvalue weighted by Gasteiger charge is -2.12. The van der Waals surface area contributed by atoms with Crippen LogP contribution in [0.1, 0.15) is 11.5 Å². The van der Waals surface area contributed by atoms with Gasteiger partial charge >= 0.3 is 5.97 Å². The number of benzene rings is 1. The summed E-state index contributed by atoms with van der Waals surface area (Å²) in [4.78, 5) is 22.2. The van der Waals surface area contributed by atoms with Gasteiger partial charge < -0.3 is 10.4 Å². The molecule has 0 aromatic heterocycles. The van der Waals surface area contributed by atoms with E-state index in [1.165, 1.54) is 0 Å². The lowest BCUT2D eigenvalue weighted by Crippen LogP contribution is -2.26. The standard InChI is InChI=1S/C11H11NO3/c13-10-9(11(14)15)8(6-12-10)7-4-2-1-3-5-7/h1-5,8-9H,6H2,(H,12,13)(H,14,15)/t8?,9-/m0/s1. The molecule has 1 aliphatic rings. The van der Waals surface area contributed by atoms with Crippen molar-refractivity contribution in [2.75, 3.05) is 6.54 Å². The van der Waals surface area contributed by atoms with Crippen LogP contribution in [0.5, 0.6) is 0 Å². The Hall–Kier alpha value is -1.84. The zero-order valence-corrected chi connectivity index (χ0v) is 8.01. The molecule has 1 fully saturated rings. The molecule has 1 saturated heterocycles.